The maximum absolute atomic E-state index is 13.1. The molecular formula is C19H18F3N3O3. The van der Waals surface area contributed by atoms with Crippen molar-refractivity contribution in [3.63, 3.8) is 0 Å². The van der Waals surface area contributed by atoms with Gasteiger partial charge in [0.15, 0.2) is 0 Å². The van der Waals surface area contributed by atoms with E-state index in [-0.39, 0.29) is 13.0 Å². The van der Waals surface area contributed by atoms with Gasteiger partial charge in [-0.15, -0.1) is 0 Å². The number of fused-ring (bicyclic) bond motifs is 5. The van der Waals surface area contributed by atoms with Crippen LogP contribution in [0.3, 0.4) is 0 Å². The van der Waals surface area contributed by atoms with Gasteiger partial charge in [0.05, 0.1) is 23.5 Å². The van der Waals surface area contributed by atoms with E-state index in [2.05, 4.69) is 16.8 Å². The Bertz CT molecular complexity index is 1030. The van der Waals surface area contributed by atoms with E-state index in [0.29, 0.717) is 22.0 Å². The lowest BCUT2D eigenvalue weighted by molar-refractivity contribution is -0.166. The first-order valence-corrected chi connectivity index (χ1v) is 8.76. The smallest absolute Gasteiger partial charge is 0.406 e. The number of benzene rings is 1. The number of allylic oxidation sites excluding steroid dienone is 1. The van der Waals surface area contributed by atoms with Gasteiger partial charge < -0.3 is 10.0 Å². The number of carbonyl (C=O) groups excluding carboxylic acids is 1. The molecule has 28 heavy (non-hydrogen) atoms. The number of hydrogen-bond acceptors (Lipinski definition) is 3. The summed E-state index contributed by atoms with van der Waals surface area (Å²) in [5, 5.41) is 16.8. The summed E-state index contributed by atoms with van der Waals surface area (Å²) in [4.78, 5) is 25.1. The van der Waals surface area contributed by atoms with Crippen molar-refractivity contribution in [2.75, 3.05) is 6.54 Å². The summed E-state index contributed by atoms with van der Waals surface area (Å²) in [6, 6.07) is 1.82. The zero-order chi connectivity index (χ0) is 20.4. The van der Waals surface area contributed by atoms with Crippen molar-refractivity contribution in [1.82, 2.24) is 15.1 Å². The highest BCUT2D eigenvalue weighted by atomic mass is 19.4. The van der Waals surface area contributed by atoms with Crippen LogP contribution in [0.2, 0.25) is 0 Å². The number of nitrogens with zero attached hydrogens (tertiary/aromatic N) is 2. The number of halogens is 3. The van der Waals surface area contributed by atoms with Crippen LogP contribution in [0.5, 0.6) is 0 Å². The Labute approximate surface area is 158 Å². The minimum atomic E-state index is -4.58. The number of aromatic amines is 1. The monoisotopic (exact) mass is 393 g/mol. The number of nitrogens with one attached hydrogen (secondary N) is 1. The number of carbonyl (C=O) groups is 2. The molecule has 6 nitrogen and oxygen atoms in total. The lowest BCUT2D eigenvalue weighted by atomic mass is 9.90. The van der Waals surface area contributed by atoms with E-state index >= 15 is 0 Å². The van der Waals surface area contributed by atoms with E-state index < -0.39 is 42.4 Å². The second-order valence-corrected chi connectivity index (χ2v) is 7.69. The largest absolute Gasteiger partial charge is 0.481 e. The number of H-pyrrole nitrogens is 1. The minimum absolute atomic E-state index is 0.221. The van der Waals surface area contributed by atoms with Crippen LogP contribution in [-0.2, 0) is 16.1 Å². The van der Waals surface area contributed by atoms with Gasteiger partial charge in [0.25, 0.3) is 0 Å². The number of aliphatic carboxylic acids is 1. The molecule has 0 saturated heterocycles. The molecule has 2 aromatic rings. The Hall–Kier alpha value is -2.84. The van der Waals surface area contributed by atoms with Crippen molar-refractivity contribution in [1.29, 1.82) is 0 Å². The molecular weight excluding hydrogens is 375 g/mol. The number of carboxylic acids is 1. The Balaban J connectivity index is 1.92. The van der Waals surface area contributed by atoms with E-state index in [1.54, 1.807) is 6.92 Å². The van der Waals surface area contributed by atoms with Gasteiger partial charge in [0.2, 0.25) is 5.91 Å². The van der Waals surface area contributed by atoms with E-state index in [9.17, 15) is 27.9 Å². The van der Waals surface area contributed by atoms with Gasteiger partial charge >= 0.3 is 12.1 Å². The summed E-state index contributed by atoms with van der Waals surface area (Å²) in [5.41, 5.74) is 2.12. The second-order valence-electron chi connectivity index (χ2n) is 7.69. The van der Waals surface area contributed by atoms with E-state index in [4.69, 9.17) is 0 Å². The minimum Gasteiger partial charge on any atom is -0.481 e. The maximum Gasteiger partial charge on any atom is 0.406 e. The normalized spacial score (nSPS) is 23.9. The fourth-order valence-electron chi connectivity index (χ4n) is 4.43. The topological polar surface area (TPSA) is 86.3 Å². The predicted molar refractivity (Wildman–Crippen MR) is 94.3 cm³/mol. The van der Waals surface area contributed by atoms with Gasteiger partial charge in [-0.2, -0.15) is 18.3 Å². The molecule has 1 amide bonds. The van der Waals surface area contributed by atoms with E-state index in [1.165, 1.54) is 6.20 Å². The molecule has 2 atom stereocenters. The van der Waals surface area contributed by atoms with E-state index in [0.717, 1.165) is 16.0 Å². The molecule has 1 aromatic carbocycles. The average Bonchev–Trinajstić information content (AvgIpc) is 3.08. The summed E-state index contributed by atoms with van der Waals surface area (Å²) < 4.78 is 39.4. The Morgan fingerprint density at radius 3 is 2.82 bits per heavy atom. The van der Waals surface area contributed by atoms with Crippen molar-refractivity contribution >= 4 is 28.4 Å². The summed E-state index contributed by atoms with van der Waals surface area (Å²) in [6.07, 6.45) is -3.32. The standard InChI is InChI=1S/C19H18F3N3O3/c1-9(2)10-3-11-13(12-6-23-24-16(10)12)7-25(8-19(20,21)22)17(28)18(4-14(11)18)5-15(26)27/h3,6,14H,1,4-5,7-8H2,2H3,(H,23,24)(H,26,27)/t14-,18+/m1/s1. The number of amides is 1. The van der Waals surface area contributed by atoms with Crippen LogP contribution in [0.15, 0.2) is 18.8 Å². The first kappa shape index (κ1) is 18.5. The highest BCUT2D eigenvalue weighted by Crippen LogP contribution is 2.65. The zero-order valence-electron chi connectivity index (χ0n) is 15.1. The van der Waals surface area contributed by atoms with Gasteiger partial charge in [-0.3, -0.25) is 14.7 Å². The van der Waals surface area contributed by atoms with Crippen LogP contribution >= 0.6 is 0 Å². The van der Waals surface area contributed by atoms with Crippen LogP contribution < -0.4 is 0 Å². The van der Waals surface area contributed by atoms with Gasteiger partial charge in [-0.1, -0.05) is 6.58 Å². The highest BCUT2D eigenvalue weighted by Gasteiger charge is 2.65. The Kier molecular flexibility index (Phi) is 3.85. The van der Waals surface area contributed by atoms with Crippen molar-refractivity contribution in [3.8, 4) is 0 Å². The maximum atomic E-state index is 13.1. The SMILES string of the molecule is C=C(C)c1cc2c(c3cn[nH]c13)CN(CC(F)(F)F)C(=O)[C@]1(CC(=O)O)C[C@H]21. The molecule has 0 unspecified atom stereocenters. The molecule has 2 heterocycles. The number of rotatable bonds is 4. The molecule has 2 N–H and O–H groups in total. The van der Waals surface area contributed by atoms with Gasteiger partial charge in [0, 0.05) is 23.4 Å². The summed E-state index contributed by atoms with van der Waals surface area (Å²) in [5.74, 6) is -2.38. The molecule has 0 spiro atoms. The predicted octanol–water partition coefficient (Wildman–Crippen LogP) is 3.45. The highest BCUT2D eigenvalue weighted by molar-refractivity contribution is 5.97. The second kappa shape index (κ2) is 5.83. The number of alkyl halides is 3. The van der Waals surface area contributed by atoms with Crippen LogP contribution in [0.4, 0.5) is 13.2 Å². The third kappa shape index (κ3) is 2.76. The Morgan fingerprint density at radius 2 is 2.21 bits per heavy atom. The number of hydrogen-bond donors (Lipinski definition) is 2. The average molecular weight is 393 g/mol. The molecule has 1 fully saturated rings. The van der Waals surface area contributed by atoms with Crippen molar-refractivity contribution < 1.29 is 27.9 Å². The lowest BCUT2D eigenvalue weighted by Gasteiger charge is -2.26. The van der Waals surface area contributed by atoms with Crippen LogP contribution in [0.25, 0.3) is 16.5 Å². The van der Waals surface area contributed by atoms with Gasteiger partial charge in [0.1, 0.15) is 6.54 Å². The zero-order valence-corrected chi connectivity index (χ0v) is 15.1. The third-order valence-electron chi connectivity index (χ3n) is 5.69. The summed E-state index contributed by atoms with van der Waals surface area (Å²) in [6.45, 7) is 4.09. The quantitative estimate of drug-likeness (QED) is 0.833. The van der Waals surface area contributed by atoms with Crippen LogP contribution in [-0.4, -0.2) is 44.8 Å². The van der Waals surface area contributed by atoms with Crippen molar-refractivity contribution in [2.24, 2.45) is 5.41 Å². The molecule has 1 aliphatic heterocycles. The molecule has 1 aliphatic carbocycles. The molecule has 0 radical (unpaired) electrons. The first-order chi connectivity index (χ1) is 13.0. The number of carboxylic acid groups (broad SMARTS) is 1. The fourth-order valence-corrected chi connectivity index (χ4v) is 4.43. The molecule has 1 aromatic heterocycles. The Morgan fingerprint density at radius 1 is 1.50 bits per heavy atom. The van der Waals surface area contributed by atoms with Crippen LogP contribution in [0.1, 0.15) is 42.4 Å². The number of aromatic nitrogens is 2. The molecule has 9 heteroatoms. The van der Waals surface area contributed by atoms with Crippen molar-refractivity contribution in [3.05, 3.63) is 35.5 Å². The summed E-state index contributed by atoms with van der Waals surface area (Å²) in [7, 11) is 0. The molecule has 2 aliphatic rings. The molecule has 1 saturated carbocycles. The van der Waals surface area contributed by atoms with Crippen LogP contribution in [0, 0.1) is 5.41 Å². The molecule has 148 valence electrons. The van der Waals surface area contributed by atoms with Crippen molar-refractivity contribution in [2.45, 2.75) is 38.4 Å². The van der Waals surface area contributed by atoms with Gasteiger partial charge in [-0.25, -0.2) is 0 Å². The van der Waals surface area contributed by atoms with E-state index in [1.807, 2.05) is 6.07 Å². The molecule has 0 bridgehead atoms. The third-order valence-corrected chi connectivity index (χ3v) is 5.69. The lowest BCUT2D eigenvalue weighted by Crippen LogP contribution is -2.42. The van der Waals surface area contributed by atoms with Gasteiger partial charge in [-0.05, 0) is 36.1 Å². The molecule has 4 rings (SSSR count). The first-order valence-electron chi connectivity index (χ1n) is 8.76. The summed E-state index contributed by atoms with van der Waals surface area (Å²) >= 11 is 0. The fraction of sp³-hybridized carbons (Fsp3) is 0.421.